The largest absolute Gasteiger partial charge is 3.00 e. The first-order valence-electron chi connectivity index (χ1n) is 6.91. The first-order valence-corrected chi connectivity index (χ1v) is 6.91. The smallest absolute Gasteiger partial charge is 1.00 e. The second-order valence-corrected chi connectivity index (χ2v) is 5.62. The van der Waals surface area contributed by atoms with Crippen LogP contribution >= 0.6 is 0 Å². The summed E-state index contributed by atoms with van der Waals surface area (Å²) >= 11 is 0. The van der Waals surface area contributed by atoms with Crippen LogP contribution in [0.3, 0.4) is 0 Å². The molecule has 0 aliphatic heterocycles. The molecule has 0 aliphatic rings. The minimum Gasteiger partial charge on any atom is -1.00 e. The van der Waals surface area contributed by atoms with Crippen LogP contribution in [0, 0.1) is 6.92 Å². The first-order chi connectivity index (χ1) is 9.15. The summed E-state index contributed by atoms with van der Waals surface area (Å²) in [6.45, 7) is 6.62. The zero-order chi connectivity index (χ0) is 13.4. The summed E-state index contributed by atoms with van der Waals surface area (Å²) in [4.78, 5) is 0. The second kappa shape index (κ2) is 8.97. The monoisotopic (exact) mass is 407 g/mol. The molecule has 3 heteroatoms. The number of halogens is 2. The van der Waals surface area contributed by atoms with E-state index in [-0.39, 0.29) is 51.0 Å². The van der Waals surface area contributed by atoms with Gasteiger partial charge in [0.2, 0.25) is 0 Å². The Kier molecular flexibility index (Phi) is 8.77. The molecule has 0 bridgehead atoms. The van der Waals surface area contributed by atoms with Gasteiger partial charge in [-0.2, -0.15) is 6.07 Å². The van der Waals surface area contributed by atoms with Crippen molar-refractivity contribution in [3.8, 4) is 11.1 Å². The van der Waals surface area contributed by atoms with Crippen molar-refractivity contribution in [2.45, 2.75) is 26.7 Å². The first kappa shape index (κ1) is 21.5. The molecule has 0 N–H and O–H groups in total. The summed E-state index contributed by atoms with van der Waals surface area (Å²) in [6.07, 6.45) is 0. The summed E-state index contributed by atoms with van der Waals surface area (Å²) in [6, 6.07) is 20.1. The van der Waals surface area contributed by atoms with Gasteiger partial charge < -0.3 is 24.8 Å². The SMILES string of the molecule is Cc1cc2c(-c3ccc(C(C)C)cc3)cccc2[cH-]1.[Cl-].[Cl-].[Zr+3]. The molecule has 3 aromatic rings. The van der Waals surface area contributed by atoms with Gasteiger partial charge in [0, 0.05) is 0 Å². The molecule has 0 heterocycles. The molecule has 3 rings (SSSR count). The van der Waals surface area contributed by atoms with Crippen LogP contribution in [-0.2, 0) is 26.2 Å². The Balaban J connectivity index is 0.00000147. The van der Waals surface area contributed by atoms with Gasteiger partial charge in [-0.25, -0.2) is 0 Å². The molecule has 0 amide bonds. The fraction of sp³-hybridized carbons (Fsp3) is 0.211. The van der Waals surface area contributed by atoms with E-state index >= 15 is 0 Å². The summed E-state index contributed by atoms with van der Waals surface area (Å²) in [7, 11) is 0. The molecule has 0 aliphatic carbocycles. The van der Waals surface area contributed by atoms with Crippen molar-refractivity contribution in [1.29, 1.82) is 0 Å². The summed E-state index contributed by atoms with van der Waals surface area (Å²) < 4.78 is 0. The molecule has 22 heavy (non-hydrogen) atoms. The number of hydrogen-bond donors (Lipinski definition) is 0. The van der Waals surface area contributed by atoms with Gasteiger partial charge in [-0.3, -0.25) is 0 Å². The standard InChI is InChI=1S/C19H19.2ClH.Zr/c1-13(2)15-7-9-16(10-8-15)18-6-4-5-17-11-14(3)12-19(17)18;;;/h4-13H,1-3H3;2*1H;/q-1;;;+3/p-2. The van der Waals surface area contributed by atoms with E-state index in [1.54, 1.807) is 0 Å². The molecule has 1 radical (unpaired) electrons. The van der Waals surface area contributed by atoms with E-state index in [2.05, 4.69) is 75.4 Å². The molecule has 0 atom stereocenters. The summed E-state index contributed by atoms with van der Waals surface area (Å²) in [5.74, 6) is 0.589. The molecule has 3 aromatic carbocycles. The van der Waals surface area contributed by atoms with Crippen molar-refractivity contribution < 1.29 is 51.0 Å². The quantitative estimate of drug-likeness (QED) is 0.509. The van der Waals surface area contributed by atoms with Gasteiger partial charge in [0.05, 0.1) is 0 Å². The fourth-order valence-corrected chi connectivity index (χ4v) is 2.68. The van der Waals surface area contributed by atoms with E-state index < -0.39 is 0 Å². The summed E-state index contributed by atoms with van der Waals surface area (Å²) in [5.41, 5.74) is 5.37. The molecule has 0 aromatic heterocycles. The Labute approximate surface area is 164 Å². The number of rotatable bonds is 2. The molecular formula is C19H19Cl2Zr. The zero-order valence-corrected chi connectivity index (χ0v) is 17.0. The molecule has 0 fully saturated rings. The maximum atomic E-state index is 2.28. The number of benzene rings is 2. The minimum absolute atomic E-state index is 0. The van der Waals surface area contributed by atoms with Crippen LogP contribution in [0.5, 0.6) is 0 Å². The van der Waals surface area contributed by atoms with Crippen molar-refractivity contribution in [1.82, 2.24) is 0 Å². The molecule has 0 nitrogen and oxygen atoms in total. The molecule has 0 unspecified atom stereocenters. The Morgan fingerprint density at radius 3 is 2.14 bits per heavy atom. The predicted molar refractivity (Wildman–Crippen MR) is 83.8 cm³/mol. The van der Waals surface area contributed by atoms with Crippen molar-refractivity contribution in [2.24, 2.45) is 0 Å². The van der Waals surface area contributed by atoms with E-state index in [1.165, 1.54) is 33.0 Å². The minimum atomic E-state index is 0. The van der Waals surface area contributed by atoms with Crippen LogP contribution < -0.4 is 24.8 Å². The van der Waals surface area contributed by atoms with E-state index in [9.17, 15) is 0 Å². The average Bonchev–Trinajstić information content (AvgIpc) is 2.78. The van der Waals surface area contributed by atoms with Crippen LogP contribution in [0.15, 0.2) is 54.6 Å². The molecule has 0 saturated carbocycles. The molecular weight excluding hydrogens is 390 g/mol. The van der Waals surface area contributed by atoms with E-state index in [0.717, 1.165) is 0 Å². The van der Waals surface area contributed by atoms with Gasteiger partial charge in [-0.05, 0) is 17.0 Å². The average molecular weight is 409 g/mol. The molecule has 0 saturated heterocycles. The van der Waals surface area contributed by atoms with Crippen LogP contribution in [0.25, 0.3) is 21.9 Å². The van der Waals surface area contributed by atoms with Gasteiger partial charge in [-0.1, -0.05) is 56.7 Å². The molecule has 0 spiro atoms. The Bertz CT molecular complexity index is 712. The third-order valence-electron chi connectivity index (χ3n) is 3.78. The third kappa shape index (κ3) is 4.28. The Morgan fingerprint density at radius 1 is 0.909 bits per heavy atom. The maximum absolute atomic E-state index is 2.28. The number of hydrogen-bond acceptors (Lipinski definition) is 0. The van der Waals surface area contributed by atoms with Gasteiger partial charge in [0.15, 0.2) is 0 Å². The second-order valence-electron chi connectivity index (χ2n) is 5.62. The van der Waals surface area contributed by atoms with E-state index in [4.69, 9.17) is 0 Å². The predicted octanol–water partition coefficient (Wildman–Crippen LogP) is -0.337. The van der Waals surface area contributed by atoms with Crippen molar-refractivity contribution in [3.63, 3.8) is 0 Å². The Morgan fingerprint density at radius 2 is 1.55 bits per heavy atom. The van der Waals surface area contributed by atoms with Crippen LogP contribution in [0.1, 0.15) is 30.9 Å². The van der Waals surface area contributed by atoms with Gasteiger partial charge >= 0.3 is 26.2 Å². The van der Waals surface area contributed by atoms with Crippen molar-refractivity contribution in [2.75, 3.05) is 0 Å². The van der Waals surface area contributed by atoms with E-state index in [0.29, 0.717) is 5.92 Å². The number of fused-ring (bicyclic) bond motifs is 1. The normalized spacial score (nSPS) is 9.82. The van der Waals surface area contributed by atoms with Crippen LogP contribution in [0.4, 0.5) is 0 Å². The van der Waals surface area contributed by atoms with Crippen LogP contribution in [-0.4, -0.2) is 0 Å². The fourth-order valence-electron chi connectivity index (χ4n) is 2.68. The topological polar surface area (TPSA) is 0 Å². The Hall–Kier alpha value is -0.487. The van der Waals surface area contributed by atoms with E-state index in [1.807, 2.05) is 0 Å². The van der Waals surface area contributed by atoms with Gasteiger partial charge in [-0.15, -0.1) is 34.5 Å². The van der Waals surface area contributed by atoms with Crippen molar-refractivity contribution >= 4 is 10.8 Å². The molecule has 113 valence electrons. The van der Waals surface area contributed by atoms with Gasteiger partial charge in [0.25, 0.3) is 0 Å². The van der Waals surface area contributed by atoms with Gasteiger partial charge in [0.1, 0.15) is 0 Å². The van der Waals surface area contributed by atoms with Crippen molar-refractivity contribution in [3.05, 3.63) is 65.7 Å². The third-order valence-corrected chi connectivity index (χ3v) is 3.78. The number of aryl methyl sites for hydroxylation is 1. The van der Waals surface area contributed by atoms with Crippen LogP contribution in [0.2, 0.25) is 0 Å². The zero-order valence-electron chi connectivity index (χ0n) is 13.0. The summed E-state index contributed by atoms with van der Waals surface area (Å²) in [5, 5.41) is 2.69. The maximum Gasteiger partial charge on any atom is 3.00 e.